The van der Waals surface area contributed by atoms with Crippen molar-refractivity contribution in [3.05, 3.63) is 18.3 Å². The summed E-state index contributed by atoms with van der Waals surface area (Å²) in [6.07, 6.45) is 2.83. The number of hydrogen-bond donors (Lipinski definition) is 2. The van der Waals surface area contributed by atoms with Crippen molar-refractivity contribution >= 4 is 5.95 Å². The maximum absolute atomic E-state index is 5.06. The van der Waals surface area contributed by atoms with Crippen LogP contribution in [0.25, 0.3) is 11.5 Å². The van der Waals surface area contributed by atoms with Gasteiger partial charge < -0.3 is 15.0 Å². The Morgan fingerprint density at radius 1 is 1.35 bits per heavy atom. The Balaban J connectivity index is 2.32. The van der Waals surface area contributed by atoms with Crippen molar-refractivity contribution in [2.45, 2.75) is 13.3 Å². The summed E-state index contributed by atoms with van der Waals surface area (Å²) >= 11 is 0. The molecule has 0 radical (unpaired) electrons. The molecule has 0 atom stereocenters. The maximum atomic E-state index is 5.06. The molecule has 2 N–H and O–H groups in total. The minimum atomic E-state index is 0.309. The fraction of sp³-hybridized carbons (Fsp3) is 0.364. The predicted molar refractivity (Wildman–Crippen MR) is 64.9 cm³/mol. The van der Waals surface area contributed by atoms with Crippen molar-refractivity contribution in [3.63, 3.8) is 0 Å². The van der Waals surface area contributed by atoms with Crippen LogP contribution < -0.4 is 10.1 Å². The van der Waals surface area contributed by atoms with Crippen LogP contribution in [0.15, 0.2) is 18.3 Å². The van der Waals surface area contributed by atoms with Crippen LogP contribution in [0, 0.1) is 0 Å². The first-order chi connectivity index (χ1) is 8.33. The van der Waals surface area contributed by atoms with E-state index in [1.807, 2.05) is 18.3 Å². The van der Waals surface area contributed by atoms with E-state index >= 15 is 0 Å². The fourth-order valence-corrected chi connectivity index (χ4v) is 1.35. The van der Waals surface area contributed by atoms with E-state index in [1.54, 1.807) is 0 Å². The SMILES string of the molecule is CCCNc1nc(OC)nc(-c2ccc[nH]2)n1. The number of hydrogen-bond acceptors (Lipinski definition) is 5. The van der Waals surface area contributed by atoms with Gasteiger partial charge in [0.05, 0.1) is 12.8 Å². The highest BCUT2D eigenvalue weighted by Crippen LogP contribution is 2.16. The van der Waals surface area contributed by atoms with Crippen LogP contribution in [0.4, 0.5) is 5.95 Å². The number of nitrogens with zero attached hydrogens (tertiary/aromatic N) is 3. The number of anilines is 1. The first-order valence-electron chi connectivity index (χ1n) is 5.51. The minimum absolute atomic E-state index is 0.309. The van der Waals surface area contributed by atoms with Gasteiger partial charge in [0.15, 0.2) is 5.82 Å². The number of aromatic amines is 1. The highest BCUT2D eigenvalue weighted by Gasteiger charge is 2.08. The van der Waals surface area contributed by atoms with Crippen LogP contribution in [0.2, 0.25) is 0 Å². The Kier molecular flexibility index (Phi) is 3.54. The van der Waals surface area contributed by atoms with E-state index in [9.17, 15) is 0 Å². The van der Waals surface area contributed by atoms with E-state index in [1.165, 1.54) is 7.11 Å². The molecule has 17 heavy (non-hydrogen) atoms. The summed E-state index contributed by atoms with van der Waals surface area (Å²) < 4.78 is 5.06. The highest BCUT2D eigenvalue weighted by molar-refractivity contribution is 5.51. The lowest BCUT2D eigenvalue weighted by Gasteiger charge is -2.06. The third-order valence-corrected chi connectivity index (χ3v) is 2.17. The molecule has 2 rings (SSSR count). The quantitative estimate of drug-likeness (QED) is 0.822. The van der Waals surface area contributed by atoms with Crippen LogP contribution >= 0.6 is 0 Å². The lowest BCUT2D eigenvalue weighted by molar-refractivity contribution is 0.379. The molecule has 0 aliphatic rings. The summed E-state index contributed by atoms with van der Waals surface area (Å²) in [7, 11) is 1.54. The van der Waals surface area contributed by atoms with E-state index in [0.29, 0.717) is 17.8 Å². The first-order valence-corrected chi connectivity index (χ1v) is 5.51. The Morgan fingerprint density at radius 3 is 2.88 bits per heavy atom. The third kappa shape index (κ3) is 2.72. The van der Waals surface area contributed by atoms with E-state index in [0.717, 1.165) is 18.7 Å². The summed E-state index contributed by atoms with van der Waals surface area (Å²) in [5.41, 5.74) is 0.838. The Morgan fingerprint density at radius 2 is 2.24 bits per heavy atom. The normalized spacial score (nSPS) is 10.2. The zero-order valence-corrected chi connectivity index (χ0v) is 9.90. The molecule has 0 bridgehead atoms. The topological polar surface area (TPSA) is 75.7 Å². The van der Waals surface area contributed by atoms with Gasteiger partial charge in [-0.15, -0.1) is 0 Å². The largest absolute Gasteiger partial charge is 0.467 e. The van der Waals surface area contributed by atoms with Gasteiger partial charge in [-0.1, -0.05) is 6.92 Å². The van der Waals surface area contributed by atoms with Crippen molar-refractivity contribution in [2.75, 3.05) is 19.0 Å². The lowest BCUT2D eigenvalue weighted by atomic mass is 10.4. The van der Waals surface area contributed by atoms with Gasteiger partial charge in [-0.2, -0.15) is 15.0 Å². The first kappa shape index (κ1) is 11.4. The lowest BCUT2D eigenvalue weighted by Crippen LogP contribution is -2.07. The summed E-state index contributed by atoms with van der Waals surface area (Å²) in [4.78, 5) is 15.7. The van der Waals surface area contributed by atoms with Gasteiger partial charge in [0.1, 0.15) is 0 Å². The predicted octanol–water partition coefficient (Wildman–Crippen LogP) is 1.70. The van der Waals surface area contributed by atoms with Gasteiger partial charge in [-0.05, 0) is 18.6 Å². The molecule has 0 saturated carbocycles. The standard InChI is InChI=1S/C11H15N5O/c1-3-6-13-10-14-9(8-5-4-7-12-8)15-11(16-10)17-2/h4-5,7,12H,3,6H2,1-2H3,(H,13,14,15,16). The van der Waals surface area contributed by atoms with Crippen molar-refractivity contribution in [2.24, 2.45) is 0 Å². The molecule has 90 valence electrons. The smallest absolute Gasteiger partial charge is 0.321 e. The summed E-state index contributed by atoms with van der Waals surface area (Å²) in [6, 6.07) is 4.10. The van der Waals surface area contributed by atoms with Gasteiger partial charge in [0.2, 0.25) is 5.95 Å². The third-order valence-electron chi connectivity index (χ3n) is 2.17. The van der Waals surface area contributed by atoms with Gasteiger partial charge in [-0.25, -0.2) is 0 Å². The van der Waals surface area contributed by atoms with Crippen LogP contribution in [0.3, 0.4) is 0 Å². The molecule has 0 aliphatic heterocycles. The number of aromatic nitrogens is 4. The van der Waals surface area contributed by atoms with Gasteiger partial charge >= 0.3 is 6.01 Å². The van der Waals surface area contributed by atoms with Crippen molar-refractivity contribution in [1.29, 1.82) is 0 Å². The number of H-pyrrole nitrogens is 1. The van der Waals surface area contributed by atoms with Gasteiger partial charge in [-0.3, -0.25) is 0 Å². The summed E-state index contributed by atoms with van der Waals surface area (Å²) in [6.45, 7) is 2.90. The second-order valence-electron chi connectivity index (χ2n) is 3.48. The second kappa shape index (κ2) is 5.29. The number of methoxy groups -OCH3 is 1. The molecule has 0 spiro atoms. The molecule has 0 unspecified atom stereocenters. The molecule has 2 heterocycles. The number of nitrogens with one attached hydrogen (secondary N) is 2. The number of rotatable bonds is 5. The van der Waals surface area contributed by atoms with Crippen molar-refractivity contribution in [1.82, 2.24) is 19.9 Å². The van der Waals surface area contributed by atoms with Crippen LogP contribution in [-0.4, -0.2) is 33.6 Å². The van der Waals surface area contributed by atoms with Crippen LogP contribution in [0.1, 0.15) is 13.3 Å². The summed E-state index contributed by atoms with van der Waals surface area (Å²) in [5, 5.41) is 3.12. The molecule has 0 fully saturated rings. The molecule has 0 aliphatic carbocycles. The molecular formula is C11H15N5O. The zero-order valence-electron chi connectivity index (χ0n) is 9.90. The molecule has 0 amide bonds. The minimum Gasteiger partial charge on any atom is -0.467 e. The Hall–Kier alpha value is -2.11. The molecule has 0 aromatic carbocycles. The van der Waals surface area contributed by atoms with E-state index < -0.39 is 0 Å². The molecule has 0 saturated heterocycles. The van der Waals surface area contributed by atoms with Crippen molar-refractivity contribution < 1.29 is 4.74 Å². The van der Waals surface area contributed by atoms with Crippen LogP contribution in [-0.2, 0) is 0 Å². The Labute approximate surface area is 99.5 Å². The van der Waals surface area contributed by atoms with E-state index in [4.69, 9.17) is 4.74 Å². The molecule has 2 aromatic rings. The van der Waals surface area contributed by atoms with E-state index in [2.05, 4.69) is 32.2 Å². The zero-order chi connectivity index (χ0) is 12.1. The average molecular weight is 233 g/mol. The van der Waals surface area contributed by atoms with E-state index in [-0.39, 0.29) is 0 Å². The number of ether oxygens (including phenoxy) is 1. The van der Waals surface area contributed by atoms with Gasteiger partial charge in [0, 0.05) is 12.7 Å². The summed E-state index contributed by atoms with van der Waals surface area (Å²) in [5.74, 6) is 1.10. The maximum Gasteiger partial charge on any atom is 0.321 e. The fourth-order valence-electron chi connectivity index (χ4n) is 1.35. The second-order valence-corrected chi connectivity index (χ2v) is 3.48. The molecule has 6 nitrogen and oxygen atoms in total. The Bertz CT molecular complexity index is 469. The van der Waals surface area contributed by atoms with Crippen LogP contribution in [0.5, 0.6) is 6.01 Å². The molecule has 6 heteroatoms. The monoisotopic (exact) mass is 233 g/mol. The molecular weight excluding hydrogens is 218 g/mol. The van der Waals surface area contributed by atoms with Crippen molar-refractivity contribution in [3.8, 4) is 17.5 Å². The molecule has 2 aromatic heterocycles. The average Bonchev–Trinajstić information content (AvgIpc) is 2.89. The van der Waals surface area contributed by atoms with Gasteiger partial charge in [0.25, 0.3) is 0 Å². The highest BCUT2D eigenvalue weighted by atomic mass is 16.5.